The van der Waals surface area contributed by atoms with Crippen molar-refractivity contribution in [2.24, 2.45) is 11.7 Å². The van der Waals surface area contributed by atoms with Gasteiger partial charge in [-0.25, -0.2) is 9.78 Å². The Labute approximate surface area is 124 Å². The average molecular weight is 296 g/mol. The minimum absolute atomic E-state index is 0.277. The number of thiazole rings is 1. The lowest BCUT2D eigenvalue weighted by molar-refractivity contribution is 0.0699. The molecule has 0 spiro atoms. The number of rotatable bonds is 2. The van der Waals surface area contributed by atoms with E-state index in [2.05, 4.69) is 11.9 Å². The fraction of sp³-hybridized carbons (Fsp3) is 0.733. The molecule has 0 amide bonds. The normalized spacial score (nSPS) is 27.6. The van der Waals surface area contributed by atoms with Crippen molar-refractivity contribution in [3.63, 3.8) is 0 Å². The number of hydrogen-bond acceptors (Lipinski definition) is 4. The maximum atomic E-state index is 11.5. The summed E-state index contributed by atoms with van der Waals surface area (Å²) in [4.78, 5) is 16.4. The summed E-state index contributed by atoms with van der Waals surface area (Å²) in [5.74, 6) is -0.195. The summed E-state index contributed by atoms with van der Waals surface area (Å²) >= 11 is 1.27. The van der Waals surface area contributed by atoms with E-state index in [0.29, 0.717) is 16.5 Å². The highest BCUT2D eigenvalue weighted by Crippen LogP contribution is 2.41. The topological polar surface area (TPSA) is 76.2 Å². The minimum Gasteiger partial charge on any atom is -0.477 e. The van der Waals surface area contributed by atoms with Gasteiger partial charge >= 0.3 is 5.97 Å². The Kier molecular flexibility index (Phi) is 3.95. The molecule has 1 aromatic heterocycles. The largest absolute Gasteiger partial charge is 0.477 e. The summed E-state index contributed by atoms with van der Waals surface area (Å²) in [6.07, 6.45) is 3.96. The van der Waals surface area contributed by atoms with Gasteiger partial charge in [-0.3, -0.25) is 0 Å². The van der Waals surface area contributed by atoms with Crippen molar-refractivity contribution in [2.45, 2.75) is 64.3 Å². The first-order chi connectivity index (χ1) is 9.13. The lowest BCUT2D eigenvalue weighted by Crippen LogP contribution is -2.40. The zero-order valence-corrected chi connectivity index (χ0v) is 13.5. The van der Waals surface area contributed by atoms with Gasteiger partial charge < -0.3 is 10.8 Å². The Morgan fingerprint density at radius 3 is 2.35 bits per heavy atom. The molecule has 0 aromatic carbocycles. The highest BCUT2D eigenvalue weighted by molar-refractivity contribution is 7.13. The Hall–Kier alpha value is -0.940. The first-order valence-electron chi connectivity index (χ1n) is 7.17. The van der Waals surface area contributed by atoms with Crippen LogP contribution in [-0.2, 0) is 11.0 Å². The number of nitrogens with zero attached hydrogens (tertiary/aromatic N) is 1. The number of carboxylic acid groups (broad SMARTS) is 1. The van der Waals surface area contributed by atoms with E-state index in [1.54, 1.807) is 0 Å². The fourth-order valence-electron chi connectivity index (χ4n) is 2.68. The van der Waals surface area contributed by atoms with Crippen LogP contribution in [0.4, 0.5) is 0 Å². The van der Waals surface area contributed by atoms with Gasteiger partial charge in [0.15, 0.2) is 0 Å². The molecule has 1 aliphatic rings. The first kappa shape index (κ1) is 15.4. The molecule has 20 heavy (non-hydrogen) atoms. The molecule has 4 nitrogen and oxygen atoms in total. The van der Waals surface area contributed by atoms with Gasteiger partial charge in [0.1, 0.15) is 9.88 Å². The van der Waals surface area contributed by atoms with Gasteiger partial charge in [0.05, 0.1) is 11.2 Å². The minimum atomic E-state index is -0.897. The van der Waals surface area contributed by atoms with Gasteiger partial charge in [-0.05, 0) is 31.6 Å². The molecule has 1 fully saturated rings. The van der Waals surface area contributed by atoms with Crippen molar-refractivity contribution >= 4 is 17.3 Å². The standard InChI is InChI=1S/C15H24N2O2S/c1-9-5-7-15(16,8-6-9)13-17-11(14(2,3)4)10(20-13)12(18)19/h9H,5-8,16H2,1-4H3,(H,18,19). The second-order valence-corrected chi connectivity index (χ2v) is 8.09. The van der Waals surface area contributed by atoms with Crippen molar-refractivity contribution in [1.82, 2.24) is 4.98 Å². The molecule has 0 unspecified atom stereocenters. The van der Waals surface area contributed by atoms with Crippen molar-refractivity contribution in [3.05, 3.63) is 15.6 Å². The molecule has 0 saturated heterocycles. The van der Waals surface area contributed by atoms with Gasteiger partial charge in [0.2, 0.25) is 0 Å². The van der Waals surface area contributed by atoms with E-state index in [4.69, 9.17) is 5.73 Å². The van der Waals surface area contributed by atoms with E-state index >= 15 is 0 Å². The summed E-state index contributed by atoms with van der Waals surface area (Å²) in [5.41, 5.74) is 6.47. The molecule has 112 valence electrons. The fourth-order valence-corrected chi connectivity index (χ4v) is 3.95. The molecular weight excluding hydrogens is 272 g/mol. The molecule has 1 heterocycles. The van der Waals surface area contributed by atoms with Crippen LogP contribution < -0.4 is 5.73 Å². The van der Waals surface area contributed by atoms with Crippen LogP contribution in [0, 0.1) is 5.92 Å². The van der Waals surface area contributed by atoms with Crippen molar-refractivity contribution in [2.75, 3.05) is 0 Å². The molecule has 0 bridgehead atoms. The summed E-state index contributed by atoms with van der Waals surface area (Å²) in [6, 6.07) is 0. The molecule has 1 saturated carbocycles. The van der Waals surface area contributed by atoms with Gasteiger partial charge in [-0.15, -0.1) is 11.3 Å². The van der Waals surface area contributed by atoms with Crippen molar-refractivity contribution in [1.29, 1.82) is 0 Å². The molecule has 0 atom stereocenters. The van der Waals surface area contributed by atoms with Crippen LogP contribution in [0.3, 0.4) is 0 Å². The smallest absolute Gasteiger partial charge is 0.347 e. The van der Waals surface area contributed by atoms with Crippen LogP contribution in [0.5, 0.6) is 0 Å². The number of aromatic carboxylic acids is 1. The molecule has 0 radical (unpaired) electrons. The van der Waals surface area contributed by atoms with E-state index < -0.39 is 11.5 Å². The maximum Gasteiger partial charge on any atom is 0.347 e. The van der Waals surface area contributed by atoms with Crippen LogP contribution in [0.25, 0.3) is 0 Å². The zero-order valence-electron chi connectivity index (χ0n) is 12.7. The number of carbonyl (C=O) groups is 1. The van der Waals surface area contributed by atoms with E-state index in [1.807, 2.05) is 20.8 Å². The van der Waals surface area contributed by atoms with E-state index in [0.717, 1.165) is 30.7 Å². The van der Waals surface area contributed by atoms with Gasteiger partial charge in [0.25, 0.3) is 0 Å². The summed E-state index contributed by atoms with van der Waals surface area (Å²) in [7, 11) is 0. The van der Waals surface area contributed by atoms with Gasteiger partial charge in [-0.2, -0.15) is 0 Å². The van der Waals surface area contributed by atoms with Gasteiger partial charge in [0, 0.05) is 5.41 Å². The third-order valence-corrected chi connectivity index (χ3v) is 5.39. The van der Waals surface area contributed by atoms with Crippen LogP contribution >= 0.6 is 11.3 Å². The van der Waals surface area contributed by atoms with Crippen molar-refractivity contribution in [3.8, 4) is 0 Å². The molecule has 5 heteroatoms. The monoisotopic (exact) mass is 296 g/mol. The van der Waals surface area contributed by atoms with E-state index in [1.165, 1.54) is 11.3 Å². The molecule has 0 aliphatic heterocycles. The summed E-state index contributed by atoms with van der Waals surface area (Å²) in [6.45, 7) is 8.21. The Balaban J connectivity index is 2.41. The number of hydrogen-bond donors (Lipinski definition) is 2. The SMILES string of the molecule is CC1CCC(N)(c2nc(C(C)(C)C)c(C(=O)O)s2)CC1. The Morgan fingerprint density at radius 1 is 1.40 bits per heavy atom. The summed E-state index contributed by atoms with van der Waals surface area (Å²) in [5, 5.41) is 10.2. The molecule has 1 aliphatic carbocycles. The third kappa shape index (κ3) is 2.88. The first-order valence-corrected chi connectivity index (χ1v) is 7.99. The lowest BCUT2D eigenvalue weighted by atomic mass is 9.78. The number of carboxylic acids is 1. The van der Waals surface area contributed by atoms with E-state index in [-0.39, 0.29) is 5.41 Å². The highest BCUT2D eigenvalue weighted by Gasteiger charge is 2.37. The predicted octanol–water partition coefficient (Wildman–Crippen LogP) is 3.50. The number of nitrogens with two attached hydrogens (primary N) is 1. The zero-order chi connectivity index (χ0) is 15.1. The predicted molar refractivity (Wildman–Crippen MR) is 81.3 cm³/mol. The summed E-state index contributed by atoms with van der Waals surface area (Å²) < 4.78 is 0. The maximum absolute atomic E-state index is 11.5. The molecule has 3 N–H and O–H groups in total. The number of aromatic nitrogens is 1. The van der Waals surface area contributed by atoms with E-state index in [9.17, 15) is 9.90 Å². The molecule has 2 rings (SSSR count). The second-order valence-electron chi connectivity index (χ2n) is 7.09. The molecule has 1 aromatic rings. The highest BCUT2D eigenvalue weighted by atomic mass is 32.1. The van der Waals surface area contributed by atoms with Crippen molar-refractivity contribution < 1.29 is 9.90 Å². The lowest BCUT2D eigenvalue weighted by Gasteiger charge is -2.34. The Bertz CT molecular complexity index is 508. The quantitative estimate of drug-likeness (QED) is 0.875. The van der Waals surface area contributed by atoms with Crippen LogP contribution in [0.15, 0.2) is 0 Å². The third-order valence-electron chi connectivity index (χ3n) is 4.12. The van der Waals surface area contributed by atoms with Crippen LogP contribution in [0.2, 0.25) is 0 Å². The second kappa shape index (κ2) is 5.11. The van der Waals surface area contributed by atoms with Crippen LogP contribution in [-0.4, -0.2) is 16.1 Å². The molecular formula is C15H24N2O2S. The average Bonchev–Trinajstić information content (AvgIpc) is 2.79. The Morgan fingerprint density at radius 2 is 1.95 bits per heavy atom. The van der Waals surface area contributed by atoms with Crippen LogP contribution in [0.1, 0.15) is 73.8 Å². The van der Waals surface area contributed by atoms with Gasteiger partial charge in [-0.1, -0.05) is 27.7 Å².